The first-order valence-electron chi connectivity index (χ1n) is 7.58. The van der Waals surface area contributed by atoms with Gasteiger partial charge in [0.1, 0.15) is 0 Å². The Balaban J connectivity index is 2.76. The molecule has 0 aliphatic heterocycles. The summed E-state index contributed by atoms with van der Waals surface area (Å²) in [6, 6.07) is 7.06. The third-order valence-corrected chi connectivity index (χ3v) is 6.68. The Bertz CT molecular complexity index is 904. The molecule has 0 saturated heterocycles. The SMILES string of the molecule is CC(=O)Nc1c(I)c(NC(C)=O)c(I)c(-c2cccc(C[N+](=O)[O-])c2)c1I. The van der Waals surface area contributed by atoms with Crippen LogP contribution in [0, 0.1) is 20.8 Å². The van der Waals surface area contributed by atoms with E-state index in [1.807, 2.05) is 6.07 Å². The zero-order chi connectivity index (χ0) is 20.3. The molecule has 2 amide bonds. The van der Waals surface area contributed by atoms with Crippen LogP contribution in [0.5, 0.6) is 0 Å². The van der Waals surface area contributed by atoms with Gasteiger partial charge in [-0.05, 0) is 79.4 Å². The molecule has 2 N–H and O–H groups in total. The normalized spacial score (nSPS) is 10.4. The van der Waals surface area contributed by atoms with Crippen LogP contribution in [-0.4, -0.2) is 16.7 Å². The van der Waals surface area contributed by atoms with Gasteiger partial charge in [0, 0.05) is 37.0 Å². The maximum atomic E-state index is 11.7. The van der Waals surface area contributed by atoms with Crippen LogP contribution in [-0.2, 0) is 16.1 Å². The summed E-state index contributed by atoms with van der Waals surface area (Å²) in [6.45, 7) is 2.56. The van der Waals surface area contributed by atoms with Crippen molar-refractivity contribution in [2.75, 3.05) is 10.6 Å². The van der Waals surface area contributed by atoms with Gasteiger partial charge in [0.25, 0.3) is 0 Å². The highest BCUT2D eigenvalue weighted by Gasteiger charge is 2.23. The topological polar surface area (TPSA) is 101 Å². The van der Waals surface area contributed by atoms with Gasteiger partial charge in [-0.1, -0.05) is 18.2 Å². The fourth-order valence-corrected chi connectivity index (χ4v) is 6.79. The minimum absolute atomic E-state index is 0.228. The Labute approximate surface area is 196 Å². The molecule has 0 radical (unpaired) electrons. The van der Waals surface area contributed by atoms with Crippen molar-refractivity contribution in [2.24, 2.45) is 0 Å². The van der Waals surface area contributed by atoms with Crippen molar-refractivity contribution in [3.05, 3.63) is 50.7 Å². The number of nitrogens with zero attached hydrogens (tertiary/aromatic N) is 1. The first-order chi connectivity index (χ1) is 12.6. The van der Waals surface area contributed by atoms with E-state index in [9.17, 15) is 19.7 Å². The number of amides is 2. The second-order valence-electron chi connectivity index (χ2n) is 5.62. The van der Waals surface area contributed by atoms with Crippen molar-refractivity contribution in [1.29, 1.82) is 0 Å². The molecule has 27 heavy (non-hydrogen) atoms. The molecule has 0 saturated carbocycles. The summed E-state index contributed by atoms with van der Waals surface area (Å²) in [5.41, 5.74) is 3.35. The molecule has 0 heterocycles. The lowest BCUT2D eigenvalue weighted by Crippen LogP contribution is -2.15. The van der Waals surface area contributed by atoms with Crippen molar-refractivity contribution in [2.45, 2.75) is 20.4 Å². The Hall–Kier alpha value is -1.03. The van der Waals surface area contributed by atoms with Crippen molar-refractivity contribution < 1.29 is 14.5 Å². The Morgan fingerprint density at radius 1 is 1.00 bits per heavy atom. The number of anilines is 2. The molecule has 2 aromatic rings. The lowest BCUT2D eigenvalue weighted by molar-refractivity contribution is -0.496. The second kappa shape index (κ2) is 9.45. The zero-order valence-corrected chi connectivity index (χ0v) is 20.7. The van der Waals surface area contributed by atoms with Gasteiger partial charge in [-0.2, -0.15) is 0 Å². The van der Waals surface area contributed by atoms with Gasteiger partial charge in [0.2, 0.25) is 18.4 Å². The van der Waals surface area contributed by atoms with Gasteiger partial charge in [-0.3, -0.25) is 19.7 Å². The molecule has 0 fully saturated rings. The van der Waals surface area contributed by atoms with Gasteiger partial charge in [-0.15, -0.1) is 0 Å². The molecule has 2 rings (SSSR count). The van der Waals surface area contributed by atoms with E-state index in [0.717, 1.165) is 21.8 Å². The number of hydrogen-bond acceptors (Lipinski definition) is 4. The predicted molar refractivity (Wildman–Crippen MR) is 129 cm³/mol. The van der Waals surface area contributed by atoms with E-state index in [4.69, 9.17) is 0 Å². The summed E-state index contributed by atoms with van der Waals surface area (Å²) in [5.74, 6) is -0.456. The third-order valence-electron chi connectivity index (χ3n) is 3.45. The minimum atomic E-state index is -0.381. The molecule has 0 aromatic heterocycles. The number of halogens is 3. The summed E-state index contributed by atoms with van der Waals surface area (Å²) in [4.78, 5) is 33.8. The number of carbonyl (C=O) groups excluding carboxylic acids is 2. The van der Waals surface area contributed by atoms with Crippen LogP contribution in [0.4, 0.5) is 11.4 Å². The third kappa shape index (κ3) is 5.49. The quantitative estimate of drug-likeness (QED) is 0.264. The smallest absolute Gasteiger partial charge is 0.228 e. The number of nitro groups is 1. The summed E-state index contributed by atoms with van der Waals surface area (Å²) in [5, 5.41) is 16.5. The second-order valence-corrected chi connectivity index (χ2v) is 8.86. The van der Waals surface area contributed by atoms with Crippen LogP contribution in [0.15, 0.2) is 24.3 Å². The van der Waals surface area contributed by atoms with Crippen LogP contribution >= 0.6 is 67.8 Å². The average molecular weight is 705 g/mol. The Kier molecular flexibility index (Phi) is 7.79. The minimum Gasteiger partial charge on any atom is -0.324 e. The van der Waals surface area contributed by atoms with Gasteiger partial charge in [0.05, 0.1) is 14.9 Å². The lowest BCUT2D eigenvalue weighted by Gasteiger charge is -2.20. The van der Waals surface area contributed by atoms with Crippen molar-refractivity contribution >= 4 is 91.0 Å². The van der Waals surface area contributed by atoms with Gasteiger partial charge in [-0.25, -0.2) is 0 Å². The van der Waals surface area contributed by atoms with Gasteiger partial charge < -0.3 is 10.6 Å². The summed E-state index contributed by atoms with van der Waals surface area (Å²) in [7, 11) is 0. The van der Waals surface area contributed by atoms with E-state index in [2.05, 4.69) is 78.4 Å². The number of rotatable bonds is 5. The highest BCUT2D eigenvalue weighted by molar-refractivity contribution is 14.1. The molecule has 10 heteroatoms. The maximum Gasteiger partial charge on any atom is 0.228 e. The van der Waals surface area contributed by atoms with Crippen LogP contribution in [0.2, 0.25) is 0 Å². The number of benzene rings is 2. The average Bonchev–Trinajstić information content (AvgIpc) is 2.55. The fourth-order valence-electron chi connectivity index (χ4n) is 2.46. The monoisotopic (exact) mass is 705 g/mol. The molecule has 0 unspecified atom stereocenters. The van der Waals surface area contributed by atoms with Crippen molar-refractivity contribution in [3.8, 4) is 11.1 Å². The van der Waals surface area contributed by atoms with Crippen LogP contribution < -0.4 is 10.6 Å². The zero-order valence-electron chi connectivity index (χ0n) is 14.2. The summed E-state index contributed by atoms with van der Waals surface area (Å²) < 4.78 is 2.31. The molecule has 0 aliphatic carbocycles. The van der Waals surface area contributed by atoms with E-state index in [1.165, 1.54) is 13.8 Å². The maximum absolute atomic E-state index is 11.7. The van der Waals surface area contributed by atoms with Crippen LogP contribution in [0.1, 0.15) is 19.4 Å². The molecule has 142 valence electrons. The molecule has 2 aromatic carbocycles. The molecular formula is C17H14I3N3O4. The van der Waals surface area contributed by atoms with E-state index >= 15 is 0 Å². The standard InChI is InChI=1S/C17H14I3N3O4/c1-8(24)21-16-13(18)12(14(19)17(15(16)20)22-9(2)25)11-5-3-4-10(6-11)7-23(26)27/h3-6H,7H2,1-2H3,(H,21,24)(H,22,25). The number of nitrogens with one attached hydrogen (secondary N) is 2. The summed E-state index contributed by atoms with van der Waals surface area (Å²) >= 11 is 6.38. The first-order valence-corrected chi connectivity index (χ1v) is 10.8. The lowest BCUT2D eigenvalue weighted by atomic mass is 10.0. The summed E-state index contributed by atoms with van der Waals surface area (Å²) in [6.07, 6.45) is 0. The van der Waals surface area contributed by atoms with Gasteiger partial charge in [0.15, 0.2) is 0 Å². The first kappa shape index (κ1) is 22.3. The number of carbonyl (C=O) groups is 2. The Morgan fingerprint density at radius 3 is 1.96 bits per heavy atom. The molecular weight excluding hydrogens is 691 g/mol. The van der Waals surface area contributed by atoms with Gasteiger partial charge >= 0.3 is 0 Å². The van der Waals surface area contributed by atoms with E-state index in [1.54, 1.807) is 18.2 Å². The van der Waals surface area contributed by atoms with Crippen molar-refractivity contribution in [3.63, 3.8) is 0 Å². The molecule has 0 atom stereocenters. The highest BCUT2D eigenvalue weighted by Crippen LogP contribution is 2.43. The van der Waals surface area contributed by atoms with E-state index < -0.39 is 0 Å². The molecule has 0 spiro atoms. The van der Waals surface area contributed by atoms with Crippen molar-refractivity contribution in [1.82, 2.24) is 0 Å². The van der Waals surface area contributed by atoms with Crippen LogP contribution in [0.25, 0.3) is 11.1 Å². The number of hydrogen-bond donors (Lipinski definition) is 2. The van der Waals surface area contributed by atoms with E-state index in [0.29, 0.717) is 16.9 Å². The molecule has 7 nitrogen and oxygen atoms in total. The highest BCUT2D eigenvalue weighted by atomic mass is 127. The Morgan fingerprint density at radius 2 is 1.52 bits per heavy atom. The van der Waals surface area contributed by atoms with Crippen LogP contribution in [0.3, 0.4) is 0 Å². The molecule has 0 bridgehead atoms. The largest absolute Gasteiger partial charge is 0.324 e. The fraction of sp³-hybridized carbons (Fsp3) is 0.176. The predicted octanol–water partition coefficient (Wildman–Crippen LogP) is 4.86. The molecule has 0 aliphatic rings. The van der Waals surface area contributed by atoms with E-state index in [-0.39, 0.29) is 23.3 Å².